The van der Waals surface area contributed by atoms with Crippen molar-refractivity contribution in [2.75, 3.05) is 0 Å². The fraction of sp³-hybridized carbons (Fsp3) is 0.500. The summed E-state index contributed by atoms with van der Waals surface area (Å²) < 4.78 is 18.1. The van der Waals surface area contributed by atoms with Gasteiger partial charge in [0.1, 0.15) is 5.60 Å². The third-order valence-corrected chi connectivity index (χ3v) is 1.92. The Bertz CT molecular complexity index is 286. The number of pyridine rings is 1. The minimum atomic E-state index is -0.510. The summed E-state index contributed by atoms with van der Waals surface area (Å²) in [4.78, 5) is 3.62. The van der Waals surface area contributed by atoms with Crippen molar-refractivity contribution in [3.05, 3.63) is 24.1 Å². The molecule has 13 heavy (non-hydrogen) atoms. The predicted octanol–water partition coefficient (Wildman–Crippen LogP) is 2.79. The topological polar surface area (TPSA) is 22.1 Å². The van der Waals surface area contributed by atoms with Crippen molar-refractivity contribution >= 4 is 0 Å². The molecule has 0 saturated heterocycles. The number of aromatic nitrogens is 1. The van der Waals surface area contributed by atoms with Crippen molar-refractivity contribution in [2.45, 2.75) is 32.8 Å². The molecule has 0 spiro atoms. The van der Waals surface area contributed by atoms with Gasteiger partial charge in [0.2, 0.25) is 11.8 Å². The van der Waals surface area contributed by atoms with E-state index in [9.17, 15) is 4.39 Å². The molecule has 0 aliphatic rings. The zero-order valence-electron chi connectivity index (χ0n) is 8.17. The molecular weight excluding hydrogens is 169 g/mol. The SMILES string of the molecule is CCC(C)(C)Oc1cccc(F)n1. The van der Waals surface area contributed by atoms with Crippen LogP contribution in [0, 0.1) is 5.95 Å². The second-order valence-electron chi connectivity index (χ2n) is 3.51. The quantitative estimate of drug-likeness (QED) is 0.672. The van der Waals surface area contributed by atoms with Crippen LogP contribution in [0.15, 0.2) is 18.2 Å². The summed E-state index contributed by atoms with van der Waals surface area (Å²) in [5.74, 6) is -0.170. The van der Waals surface area contributed by atoms with Crippen LogP contribution in [0.4, 0.5) is 4.39 Å². The third kappa shape index (κ3) is 3.01. The Hall–Kier alpha value is -1.12. The number of nitrogens with zero attached hydrogens (tertiary/aromatic N) is 1. The lowest BCUT2D eigenvalue weighted by molar-refractivity contribution is 0.0978. The van der Waals surface area contributed by atoms with Gasteiger partial charge in [-0.05, 0) is 26.3 Å². The maximum absolute atomic E-state index is 12.7. The first-order valence-corrected chi connectivity index (χ1v) is 4.35. The van der Waals surface area contributed by atoms with E-state index in [1.54, 1.807) is 12.1 Å². The Morgan fingerprint density at radius 3 is 2.69 bits per heavy atom. The van der Waals surface area contributed by atoms with Gasteiger partial charge in [-0.15, -0.1) is 0 Å². The minimum Gasteiger partial charge on any atom is -0.472 e. The van der Waals surface area contributed by atoms with Crippen LogP contribution in [0.1, 0.15) is 27.2 Å². The molecule has 0 N–H and O–H groups in total. The molecule has 0 aliphatic heterocycles. The molecule has 2 nitrogen and oxygen atoms in total. The number of hydrogen-bond acceptors (Lipinski definition) is 2. The van der Waals surface area contributed by atoms with Crippen LogP contribution in [0.25, 0.3) is 0 Å². The summed E-state index contributed by atoms with van der Waals surface area (Å²) in [5.41, 5.74) is -0.291. The van der Waals surface area contributed by atoms with Crippen molar-refractivity contribution in [1.82, 2.24) is 4.98 Å². The van der Waals surface area contributed by atoms with Gasteiger partial charge >= 0.3 is 0 Å². The normalized spacial score (nSPS) is 11.4. The van der Waals surface area contributed by atoms with Gasteiger partial charge in [-0.3, -0.25) is 0 Å². The molecule has 0 aromatic carbocycles. The van der Waals surface area contributed by atoms with E-state index in [2.05, 4.69) is 4.98 Å². The first kappa shape index (κ1) is 9.96. The van der Waals surface area contributed by atoms with Gasteiger partial charge in [0.25, 0.3) is 0 Å². The summed E-state index contributed by atoms with van der Waals surface area (Å²) >= 11 is 0. The largest absolute Gasteiger partial charge is 0.472 e. The summed E-state index contributed by atoms with van der Waals surface area (Å²) in [7, 11) is 0. The molecule has 0 bridgehead atoms. The Morgan fingerprint density at radius 1 is 1.46 bits per heavy atom. The van der Waals surface area contributed by atoms with Gasteiger partial charge in [0.15, 0.2) is 0 Å². The number of ether oxygens (including phenoxy) is 1. The van der Waals surface area contributed by atoms with Crippen LogP contribution in [-0.4, -0.2) is 10.6 Å². The average molecular weight is 183 g/mol. The van der Waals surface area contributed by atoms with Gasteiger partial charge < -0.3 is 4.74 Å². The van der Waals surface area contributed by atoms with Gasteiger partial charge in [-0.1, -0.05) is 13.0 Å². The van der Waals surface area contributed by atoms with Crippen LogP contribution < -0.4 is 4.74 Å². The summed E-state index contributed by atoms with van der Waals surface area (Å²) in [6.07, 6.45) is 0.852. The van der Waals surface area contributed by atoms with Crippen molar-refractivity contribution in [2.24, 2.45) is 0 Å². The van der Waals surface area contributed by atoms with Crippen LogP contribution in [0.2, 0.25) is 0 Å². The van der Waals surface area contributed by atoms with E-state index >= 15 is 0 Å². The summed E-state index contributed by atoms with van der Waals surface area (Å²) in [6, 6.07) is 4.54. The van der Waals surface area contributed by atoms with E-state index in [4.69, 9.17) is 4.74 Å². The lowest BCUT2D eigenvalue weighted by Crippen LogP contribution is -2.27. The second-order valence-corrected chi connectivity index (χ2v) is 3.51. The first-order valence-electron chi connectivity index (χ1n) is 4.35. The standard InChI is InChI=1S/C10H14FNO/c1-4-10(2,3)13-9-7-5-6-8(11)12-9/h5-7H,4H2,1-3H3. The monoisotopic (exact) mass is 183 g/mol. The number of rotatable bonds is 3. The Kier molecular flexibility index (Phi) is 2.86. The maximum Gasteiger partial charge on any atom is 0.216 e. The molecular formula is C10H14FNO. The van der Waals surface area contributed by atoms with E-state index in [0.717, 1.165) is 6.42 Å². The Labute approximate surface area is 77.8 Å². The zero-order chi connectivity index (χ0) is 9.90. The van der Waals surface area contributed by atoms with Crippen LogP contribution in [0.3, 0.4) is 0 Å². The molecule has 72 valence electrons. The molecule has 3 heteroatoms. The molecule has 0 radical (unpaired) electrons. The summed E-state index contributed by atoms with van der Waals surface area (Å²) in [6.45, 7) is 5.90. The van der Waals surface area contributed by atoms with E-state index in [1.807, 2.05) is 20.8 Å². The lowest BCUT2D eigenvalue weighted by atomic mass is 10.1. The van der Waals surface area contributed by atoms with Crippen molar-refractivity contribution < 1.29 is 9.13 Å². The van der Waals surface area contributed by atoms with E-state index in [0.29, 0.717) is 5.88 Å². The van der Waals surface area contributed by atoms with Crippen LogP contribution in [-0.2, 0) is 0 Å². The fourth-order valence-electron chi connectivity index (χ4n) is 0.802. The third-order valence-electron chi connectivity index (χ3n) is 1.92. The molecule has 0 aliphatic carbocycles. The van der Waals surface area contributed by atoms with Gasteiger partial charge in [0, 0.05) is 6.07 Å². The lowest BCUT2D eigenvalue weighted by Gasteiger charge is -2.23. The smallest absolute Gasteiger partial charge is 0.216 e. The molecule has 1 aromatic heterocycles. The second kappa shape index (κ2) is 3.73. The highest BCUT2D eigenvalue weighted by Gasteiger charge is 2.17. The molecule has 0 saturated carbocycles. The van der Waals surface area contributed by atoms with Crippen LogP contribution in [0.5, 0.6) is 5.88 Å². The molecule has 0 unspecified atom stereocenters. The minimum absolute atomic E-state index is 0.291. The Balaban J connectivity index is 2.74. The molecule has 0 fully saturated rings. The van der Waals surface area contributed by atoms with E-state index in [1.165, 1.54) is 6.07 Å². The van der Waals surface area contributed by atoms with Crippen molar-refractivity contribution in [1.29, 1.82) is 0 Å². The van der Waals surface area contributed by atoms with Crippen molar-refractivity contribution in [3.8, 4) is 5.88 Å². The molecule has 1 heterocycles. The van der Waals surface area contributed by atoms with Crippen molar-refractivity contribution in [3.63, 3.8) is 0 Å². The van der Waals surface area contributed by atoms with E-state index < -0.39 is 5.95 Å². The average Bonchev–Trinajstić information content (AvgIpc) is 2.03. The highest BCUT2D eigenvalue weighted by Crippen LogP contribution is 2.18. The number of hydrogen-bond donors (Lipinski definition) is 0. The molecule has 0 amide bonds. The Morgan fingerprint density at radius 2 is 2.15 bits per heavy atom. The zero-order valence-corrected chi connectivity index (χ0v) is 8.17. The fourth-order valence-corrected chi connectivity index (χ4v) is 0.802. The maximum atomic E-state index is 12.7. The van der Waals surface area contributed by atoms with Gasteiger partial charge in [0.05, 0.1) is 0 Å². The number of halogens is 1. The predicted molar refractivity (Wildman–Crippen MR) is 49.2 cm³/mol. The highest BCUT2D eigenvalue weighted by atomic mass is 19.1. The highest BCUT2D eigenvalue weighted by molar-refractivity contribution is 5.11. The van der Waals surface area contributed by atoms with Gasteiger partial charge in [-0.25, -0.2) is 0 Å². The molecule has 1 rings (SSSR count). The molecule has 0 atom stereocenters. The van der Waals surface area contributed by atoms with E-state index in [-0.39, 0.29) is 5.60 Å². The van der Waals surface area contributed by atoms with Crippen LogP contribution >= 0.6 is 0 Å². The van der Waals surface area contributed by atoms with Gasteiger partial charge in [-0.2, -0.15) is 9.37 Å². The molecule has 1 aromatic rings. The first-order chi connectivity index (χ1) is 6.03. The summed E-state index contributed by atoms with van der Waals surface area (Å²) in [5, 5.41) is 0.